The van der Waals surface area contributed by atoms with Crippen molar-refractivity contribution in [2.75, 3.05) is 14.1 Å². The number of carbonyl (C=O) groups excluding carboxylic acids is 2. The molecule has 2 amide bonds. The standard InChI is InChI=1S/C22H26FN5O2/c1-14(28(2)3)21(29)27-19(11-15-5-4-6-18(23)10-15)22(30)26-13-16-9-17-7-8-24-20(17)25-12-16/h4-10,12,14,19H,11,13H2,1-3H3,(H,24,25)(H,26,30)(H,27,29)/t14?,19-/m0/s1. The summed E-state index contributed by atoms with van der Waals surface area (Å²) in [6, 6.07) is 8.63. The number of hydrogen-bond acceptors (Lipinski definition) is 4. The summed E-state index contributed by atoms with van der Waals surface area (Å²) in [6.07, 6.45) is 3.68. The van der Waals surface area contributed by atoms with Crippen LogP contribution in [0.4, 0.5) is 4.39 Å². The molecule has 0 aliphatic rings. The zero-order chi connectivity index (χ0) is 21.7. The van der Waals surface area contributed by atoms with Gasteiger partial charge in [-0.2, -0.15) is 0 Å². The van der Waals surface area contributed by atoms with E-state index in [1.807, 2.05) is 12.1 Å². The van der Waals surface area contributed by atoms with Gasteiger partial charge in [0, 0.05) is 30.7 Å². The first kappa shape index (κ1) is 21.4. The molecule has 2 heterocycles. The van der Waals surface area contributed by atoms with Gasteiger partial charge in [-0.05, 0) is 56.4 Å². The number of aromatic amines is 1. The maximum atomic E-state index is 13.6. The summed E-state index contributed by atoms with van der Waals surface area (Å²) in [5.41, 5.74) is 2.25. The highest BCUT2D eigenvalue weighted by Gasteiger charge is 2.24. The molecule has 0 saturated heterocycles. The molecule has 3 N–H and O–H groups in total. The van der Waals surface area contributed by atoms with Crippen molar-refractivity contribution in [3.8, 4) is 0 Å². The Morgan fingerprint density at radius 1 is 1.17 bits per heavy atom. The van der Waals surface area contributed by atoms with Crippen LogP contribution in [0.5, 0.6) is 0 Å². The third-order valence-electron chi connectivity index (χ3n) is 5.04. The number of nitrogens with zero attached hydrogens (tertiary/aromatic N) is 2. The predicted molar refractivity (Wildman–Crippen MR) is 113 cm³/mol. The average molecular weight is 411 g/mol. The van der Waals surface area contributed by atoms with E-state index in [-0.39, 0.29) is 30.6 Å². The van der Waals surface area contributed by atoms with Crippen molar-refractivity contribution in [3.05, 3.63) is 65.7 Å². The quantitative estimate of drug-likeness (QED) is 0.529. The zero-order valence-corrected chi connectivity index (χ0v) is 17.3. The molecule has 30 heavy (non-hydrogen) atoms. The minimum absolute atomic E-state index is 0.185. The van der Waals surface area contributed by atoms with E-state index in [1.165, 1.54) is 12.1 Å². The van der Waals surface area contributed by atoms with Crippen LogP contribution in [0, 0.1) is 5.82 Å². The molecule has 0 bridgehead atoms. The number of pyridine rings is 1. The molecule has 0 aliphatic carbocycles. The second kappa shape index (κ2) is 9.49. The van der Waals surface area contributed by atoms with Gasteiger partial charge in [0.1, 0.15) is 17.5 Å². The molecule has 1 unspecified atom stereocenters. The lowest BCUT2D eigenvalue weighted by atomic mass is 10.0. The maximum absolute atomic E-state index is 13.6. The molecular formula is C22H26FN5O2. The Labute approximate surface area is 174 Å². The van der Waals surface area contributed by atoms with Gasteiger partial charge in [-0.15, -0.1) is 0 Å². The number of fused-ring (bicyclic) bond motifs is 1. The van der Waals surface area contributed by atoms with Crippen LogP contribution >= 0.6 is 0 Å². The van der Waals surface area contributed by atoms with Crippen LogP contribution in [0.1, 0.15) is 18.1 Å². The van der Waals surface area contributed by atoms with E-state index >= 15 is 0 Å². The summed E-state index contributed by atoms with van der Waals surface area (Å²) in [4.78, 5) is 34.5. The number of rotatable bonds is 8. The molecule has 1 aromatic carbocycles. The Morgan fingerprint density at radius 3 is 2.70 bits per heavy atom. The van der Waals surface area contributed by atoms with Crippen LogP contribution in [-0.2, 0) is 22.6 Å². The van der Waals surface area contributed by atoms with Crippen molar-refractivity contribution in [2.45, 2.75) is 32.0 Å². The third-order valence-corrected chi connectivity index (χ3v) is 5.04. The first-order valence-corrected chi connectivity index (χ1v) is 9.74. The van der Waals surface area contributed by atoms with Gasteiger partial charge in [-0.25, -0.2) is 9.37 Å². The lowest BCUT2D eigenvalue weighted by molar-refractivity contribution is -0.131. The molecule has 0 radical (unpaired) electrons. The Bertz CT molecular complexity index is 1030. The van der Waals surface area contributed by atoms with E-state index in [2.05, 4.69) is 20.6 Å². The molecule has 0 fully saturated rings. The largest absolute Gasteiger partial charge is 0.350 e. The minimum atomic E-state index is -0.828. The summed E-state index contributed by atoms with van der Waals surface area (Å²) in [5, 5.41) is 6.60. The van der Waals surface area contributed by atoms with Gasteiger partial charge in [-0.1, -0.05) is 12.1 Å². The highest BCUT2D eigenvalue weighted by molar-refractivity contribution is 5.89. The molecule has 0 aliphatic heterocycles. The number of amides is 2. The summed E-state index contributed by atoms with van der Waals surface area (Å²) in [6.45, 7) is 2.02. The van der Waals surface area contributed by atoms with Crippen molar-refractivity contribution in [1.82, 2.24) is 25.5 Å². The number of halogens is 1. The van der Waals surface area contributed by atoms with Gasteiger partial charge in [0.25, 0.3) is 0 Å². The molecule has 7 nitrogen and oxygen atoms in total. The first-order valence-electron chi connectivity index (χ1n) is 9.74. The zero-order valence-electron chi connectivity index (χ0n) is 17.3. The summed E-state index contributed by atoms with van der Waals surface area (Å²) >= 11 is 0. The number of nitrogens with one attached hydrogen (secondary N) is 3. The van der Waals surface area contributed by atoms with Gasteiger partial charge >= 0.3 is 0 Å². The number of H-pyrrole nitrogens is 1. The Balaban J connectivity index is 1.71. The highest BCUT2D eigenvalue weighted by Crippen LogP contribution is 2.12. The Hall–Kier alpha value is -3.26. The summed E-state index contributed by atoms with van der Waals surface area (Å²) < 4.78 is 13.6. The fourth-order valence-corrected chi connectivity index (χ4v) is 3.03. The van der Waals surface area contributed by atoms with Gasteiger partial charge < -0.3 is 15.6 Å². The molecule has 2 atom stereocenters. The van der Waals surface area contributed by atoms with Crippen LogP contribution in [0.3, 0.4) is 0 Å². The van der Waals surface area contributed by atoms with Crippen LogP contribution in [0.2, 0.25) is 0 Å². The predicted octanol–water partition coefficient (Wildman–Crippen LogP) is 2.00. The Morgan fingerprint density at radius 2 is 1.97 bits per heavy atom. The number of benzene rings is 1. The van der Waals surface area contributed by atoms with Crippen LogP contribution in [0.25, 0.3) is 11.0 Å². The van der Waals surface area contributed by atoms with E-state index in [4.69, 9.17) is 0 Å². The number of aromatic nitrogens is 2. The monoisotopic (exact) mass is 411 g/mol. The molecular weight excluding hydrogens is 385 g/mol. The lowest BCUT2D eigenvalue weighted by Crippen LogP contribution is -2.52. The van der Waals surface area contributed by atoms with Crippen molar-refractivity contribution >= 4 is 22.8 Å². The van der Waals surface area contributed by atoms with Crippen LogP contribution in [0.15, 0.2) is 48.8 Å². The van der Waals surface area contributed by atoms with Gasteiger partial charge in [0.15, 0.2) is 0 Å². The Kier molecular flexibility index (Phi) is 6.79. The molecule has 8 heteroatoms. The van der Waals surface area contributed by atoms with E-state index in [0.29, 0.717) is 5.56 Å². The molecule has 158 valence electrons. The van der Waals surface area contributed by atoms with E-state index < -0.39 is 12.1 Å². The van der Waals surface area contributed by atoms with Crippen molar-refractivity contribution in [3.63, 3.8) is 0 Å². The van der Waals surface area contributed by atoms with Crippen molar-refractivity contribution in [2.24, 2.45) is 0 Å². The minimum Gasteiger partial charge on any atom is -0.350 e. The molecule has 3 aromatic rings. The summed E-state index contributed by atoms with van der Waals surface area (Å²) in [7, 11) is 3.58. The smallest absolute Gasteiger partial charge is 0.243 e. The van der Waals surface area contributed by atoms with Crippen LogP contribution < -0.4 is 10.6 Å². The molecule has 0 spiro atoms. The van der Waals surface area contributed by atoms with Crippen LogP contribution in [-0.4, -0.2) is 52.9 Å². The molecule has 2 aromatic heterocycles. The van der Waals surface area contributed by atoms with E-state index in [9.17, 15) is 14.0 Å². The van der Waals surface area contributed by atoms with Gasteiger partial charge in [0.2, 0.25) is 11.8 Å². The maximum Gasteiger partial charge on any atom is 0.243 e. The fraction of sp³-hybridized carbons (Fsp3) is 0.318. The number of hydrogen-bond donors (Lipinski definition) is 3. The van der Waals surface area contributed by atoms with Gasteiger partial charge in [-0.3, -0.25) is 14.5 Å². The normalized spacial score (nSPS) is 13.2. The van der Waals surface area contributed by atoms with E-state index in [1.54, 1.807) is 50.4 Å². The average Bonchev–Trinajstić information content (AvgIpc) is 3.18. The highest BCUT2D eigenvalue weighted by atomic mass is 19.1. The number of likely N-dealkylation sites (N-methyl/N-ethyl adjacent to an activating group) is 1. The second-order valence-corrected chi connectivity index (χ2v) is 7.51. The summed E-state index contributed by atoms with van der Waals surface area (Å²) in [5.74, 6) is -0.995. The topological polar surface area (TPSA) is 90.1 Å². The van der Waals surface area contributed by atoms with Crippen molar-refractivity contribution in [1.29, 1.82) is 0 Å². The number of carbonyl (C=O) groups is 2. The van der Waals surface area contributed by atoms with Gasteiger partial charge in [0.05, 0.1) is 6.04 Å². The fourth-order valence-electron chi connectivity index (χ4n) is 3.03. The molecule has 0 saturated carbocycles. The second-order valence-electron chi connectivity index (χ2n) is 7.51. The first-order chi connectivity index (χ1) is 14.3. The van der Waals surface area contributed by atoms with Crippen molar-refractivity contribution < 1.29 is 14.0 Å². The SMILES string of the molecule is CC(C(=O)N[C@@H](Cc1cccc(F)c1)C(=O)NCc1cnc2[nH]ccc2c1)N(C)C. The lowest BCUT2D eigenvalue weighted by Gasteiger charge is -2.24. The third kappa shape index (κ3) is 5.42. The molecule has 3 rings (SSSR count). The van der Waals surface area contributed by atoms with E-state index in [0.717, 1.165) is 16.6 Å².